The summed E-state index contributed by atoms with van der Waals surface area (Å²) in [7, 11) is 0. The van der Waals surface area contributed by atoms with Gasteiger partial charge in [0.2, 0.25) is 0 Å². The molecule has 0 saturated heterocycles. The molecule has 0 amide bonds. The van der Waals surface area contributed by atoms with Crippen molar-refractivity contribution in [3.05, 3.63) is 0 Å². The van der Waals surface area contributed by atoms with Crippen LogP contribution in [-0.2, 0) is 0 Å². The first-order valence-electron chi connectivity index (χ1n) is 5.81. The first kappa shape index (κ1) is 13.8. The summed E-state index contributed by atoms with van der Waals surface area (Å²) in [6.07, 6.45) is -3.27. The maximum absolute atomic E-state index is 12.2. The van der Waals surface area contributed by atoms with Crippen molar-refractivity contribution in [3.63, 3.8) is 0 Å². The largest absolute Gasteiger partial charge is 0.390 e. The molecule has 1 aliphatic rings. The molecular formula is C12H21F3O. The van der Waals surface area contributed by atoms with Crippen LogP contribution in [0.2, 0.25) is 0 Å². The van der Waals surface area contributed by atoms with Crippen molar-refractivity contribution in [3.8, 4) is 0 Å². The molecule has 1 fully saturated rings. The molecule has 0 radical (unpaired) electrons. The fourth-order valence-corrected chi connectivity index (χ4v) is 3.26. The fraction of sp³-hybridized carbons (Fsp3) is 1.00. The molecule has 0 aromatic carbocycles. The van der Waals surface area contributed by atoms with Gasteiger partial charge in [-0.1, -0.05) is 20.8 Å². The molecule has 96 valence electrons. The third kappa shape index (κ3) is 4.32. The minimum Gasteiger partial charge on any atom is -0.390 e. The quantitative estimate of drug-likeness (QED) is 0.773. The molecule has 1 nitrogen and oxygen atoms in total. The minimum atomic E-state index is -4.17. The van der Waals surface area contributed by atoms with E-state index in [1.807, 2.05) is 20.8 Å². The molecule has 0 heterocycles. The molecule has 0 aromatic heterocycles. The maximum Gasteiger partial charge on any atom is 0.389 e. The lowest BCUT2D eigenvalue weighted by Crippen LogP contribution is -2.42. The van der Waals surface area contributed by atoms with Crippen LogP contribution in [-0.4, -0.2) is 16.9 Å². The van der Waals surface area contributed by atoms with Gasteiger partial charge in [-0.25, -0.2) is 0 Å². The topological polar surface area (TPSA) is 20.2 Å². The Bertz CT molecular complexity index is 247. The van der Waals surface area contributed by atoms with Gasteiger partial charge in [-0.3, -0.25) is 0 Å². The molecule has 0 aliphatic heterocycles. The van der Waals surface area contributed by atoms with Crippen LogP contribution in [0.25, 0.3) is 0 Å². The summed E-state index contributed by atoms with van der Waals surface area (Å²) in [5.74, 6) is 0.294. The van der Waals surface area contributed by atoms with Crippen molar-refractivity contribution in [1.29, 1.82) is 0 Å². The van der Waals surface area contributed by atoms with E-state index in [0.29, 0.717) is 18.8 Å². The molecule has 0 bridgehead atoms. The average Bonchev–Trinajstić information content (AvgIpc) is 1.94. The summed E-state index contributed by atoms with van der Waals surface area (Å²) in [5.41, 5.74) is -1.19. The van der Waals surface area contributed by atoms with E-state index in [4.69, 9.17) is 0 Å². The SMILES string of the molecule is CC1CC(C)(C)CC(O)(CCC(F)(F)F)C1. The minimum absolute atomic E-state index is 0.0575. The molecule has 4 heteroatoms. The fourth-order valence-electron chi connectivity index (χ4n) is 3.26. The van der Waals surface area contributed by atoms with Crippen LogP contribution in [0, 0.1) is 11.3 Å². The van der Waals surface area contributed by atoms with Gasteiger partial charge < -0.3 is 5.11 Å². The van der Waals surface area contributed by atoms with Crippen LogP contribution in [0.3, 0.4) is 0 Å². The highest BCUT2D eigenvalue weighted by molar-refractivity contribution is 4.93. The predicted molar refractivity (Wildman–Crippen MR) is 57.0 cm³/mol. The first-order chi connectivity index (χ1) is 7.02. The van der Waals surface area contributed by atoms with Gasteiger partial charge in [0.25, 0.3) is 0 Å². The highest BCUT2D eigenvalue weighted by atomic mass is 19.4. The highest BCUT2D eigenvalue weighted by Gasteiger charge is 2.43. The van der Waals surface area contributed by atoms with Gasteiger partial charge in [-0.15, -0.1) is 0 Å². The highest BCUT2D eigenvalue weighted by Crippen LogP contribution is 2.46. The second-order valence-corrected chi connectivity index (χ2v) is 6.19. The summed E-state index contributed by atoms with van der Waals surface area (Å²) in [6.45, 7) is 6.03. The van der Waals surface area contributed by atoms with Crippen LogP contribution in [0.15, 0.2) is 0 Å². The van der Waals surface area contributed by atoms with E-state index < -0.39 is 18.2 Å². The van der Waals surface area contributed by atoms with E-state index in [0.717, 1.165) is 6.42 Å². The molecule has 16 heavy (non-hydrogen) atoms. The lowest BCUT2D eigenvalue weighted by Gasteiger charge is -2.44. The summed E-state index contributed by atoms with van der Waals surface area (Å²) in [5, 5.41) is 10.2. The van der Waals surface area contributed by atoms with Crippen molar-refractivity contribution < 1.29 is 18.3 Å². The first-order valence-corrected chi connectivity index (χ1v) is 5.81. The second kappa shape index (κ2) is 4.21. The Morgan fingerprint density at radius 3 is 2.25 bits per heavy atom. The molecule has 0 spiro atoms. The number of hydrogen-bond acceptors (Lipinski definition) is 1. The smallest absolute Gasteiger partial charge is 0.389 e. The third-order valence-electron chi connectivity index (χ3n) is 3.31. The predicted octanol–water partition coefficient (Wildman–Crippen LogP) is 3.91. The zero-order valence-corrected chi connectivity index (χ0v) is 10.2. The Kier molecular flexibility index (Phi) is 3.63. The average molecular weight is 238 g/mol. The Labute approximate surface area is 95.0 Å². The molecule has 1 rings (SSSR count). The van der Waals surface area contributed by atoms with Gasteiger partial charge in [0.05, 0.1) is 5.60 Å². The lowest BCUT2D eigenvalue weighted by molar-refractivity contribution is -0.155. The van der Waals surface area contributed by atoms with E-state index >= 15 is 0 Å². The molecular weight excluding hydrogens is 217 g/mol. The van der Waals surface area contributed by atoms with E-state index in [-0.39, 0.29) is 11.8 Å². The Balaban J connectivity index is 2.62. The van der Waals surface area contributed by atoms with Crippen molar-refractivity contribution >= 4 is 0 Å². The molecule has 2 unspecified atom stereocenters. The normalized spacial score (nSPS) is 35.1. The van der Waals surface area contributed by atoms with Crippen molar-refractivity contribution in [2.75, 3.05) is 0 Å². The molecule has 1 aliphatic carbocycles. The number of hydrogen-bond donors (Lipinski definition) is 1. The van der Waals surface area contributed by atoms with Crippen LogP contribution < -0.4 is 0 Å². The molecule has 1 saturated carbocycles. The maximum atomic E-state index is 12.2. The van der Waals surface area contributed by atoms with E-state index in [1.54, 1.807) is 0 Å². The van der Waals surface area contributed by atoms with E-state index in [2.05, 4.69) is 0 Å². The second-order valence-electron chi connectivity index (χ2n) is 6.19. The van der Waals surface area contributed by atoms with Crippen LogP contribution in [0.4, 0.5) is 13.2 Å². The van der Waals surface area contributed by atoms with E-state index in [1.165, 1.54) is 0 Å². The standard InChI is InChI=1S/C12H21F3O/c1-9-6-10(2,3)8-11(16,7-9)4-5-12(13,14)15/h9,16H,4-8H2,1-3H3. The monoisotopic (exact) mass is 238 g/mol. The van der Waals surface area contributed by atoms with Crippen molar-refractivity contribution in [1.82, 2.24) is 0 Å². The molecule has 0 aromatic rings. The summed E-state index contributed by atoms with van der Waals surface area (Å²) in [4.78, 5) is 0. The van der Waals surface area contributed by atoms with Gasteiger partial charge in [-0.05, 0) is 37.0 Å². The Hall–Kier alpha value is -0.250. The Morgan fingerprint density at radius 1 is 1.25 bits per heavy atom. The zero-order chi connectivity index (χ0) is 12.6. The third-order valence-corrected chi connectivity index (χ3v) is 3.31. The summed E-state index contributed by atoms with van der Waals surface area (Å²) >= 11 is 0. The van der Waals surface area contributed by atoms with Crippen molar-refractivity contribution in [2.24, 2.45) is 11.3 Å². The summed E-state index contributed by atoms with van der Waals surface area (Å²) in [6, 6.07) is 0. The molecule has 2 atom stereocenters. The van der Waals surface area contributed by atoms with Gasteiger partial charge >= 0.3 is 6.18 Å². The summed E-state index contributed by atoms with van der Waals surface area (Å²) < 4.78 is 36.5. The Morgan fingerprint density at radius 2 is 1.81 bits per heavy atom. The lowest BCUT2D eigenvalue weighted by atomic mass is 9.64. The number of aliphatic hydroxyl groups is 1. The van der Waals surface area contributed by atoms with Gasteiger partial charge in [-0.2, -0.15) is 13.2 Å². The zero-order valence-electron chi connectivity index (χ0n) is 10.2. The van der Waals surface area contributed by atoms with Crippen LogP contribution >= 0.6 is 0 Å². The van der Waals surface area contributed by atoms with Crippen LogP contribution in [0.5, 0.6) is 0 Å². The van der Waals surface area contributed by atoms with Crippen molar-refractivity contribution in [2.45, 2.75) is 64.7 Å². The number of halogens is 3. The van der Waals surface area contributed by atoms with E-state index in [9.17, 15) is 18.3 Å². The molecule has 1 N–H and O–H groups in total. The van der Waals surface area contributed by atoms with Crippen LogP contribution in [0.1, 0.15) is 52.9 Å². The van der Waals surface area contributed by atoms with Gasteiger partial charge in [0, 0.05) is 6.42 Å². The van der Waals surface area contributed by atoms with Gasteiger partial charge in [0.15, 0.2) is 0 Å². The van der Waals surface area contributed by atoms with Gasteiger partial charge in [0.1, 0.15) is 0 Å². The number of alkyl halides is 3. The number of rotatable bonds is 2.